The molecule has 2 saturated heterocycles. The molecule has 0 aromatic rings. The quantitative estimate of drug-likeness (QED) is 0.848. The van der Waals surface area contributed by atoms with Crippen LogP contribution in [0, 0.1) is 5.92 Å². The summed E-state index contributed by atoms with van der Waals surface area (Å²) in [7, 11) is -3.32. The van der Waals surface area contributed by atoms with E-state index in [4.69, 9.17) is 5.73 Å². The Kier molecular flexibility index (Phi) is 4.87. The number of hydrogen-bond donors (Lipinski definition) is 1. The molecule has 2 aliphatic heterocycles. The summed E-state index contributed by atoms with van der Waals surface area (Å²) in [6.45, 7) is 6.05. The van der Waals surface area contributed by atoms with Crippen LogP contribution in [0.4, 0.5) is 0 Å². The zero-order valence-corrected chi connectivity index (χ0v) is 12.9. The number of piperidine rings is 2. The lowest BCUT2D eigenvalue weighted by molar-refractivity contribution is 0.197. The van der Waals surface area contributed by atoms with Gasteiger partial charge in [-0.3, -0.25) is 0 Å². The van der Waals surface area contributed by atoms with E-state index in [9.17, 15) is 8.42 Å². The zero-order chi connectivity index (χ0) is 14.0. The number of rotatable bonds is 3. The van der Waals surface area contributed by atoms with E-state index in [-0.39, 0.29) is 12.1 Å². The maximum atomic E-state index is 12.8. The van der Waals surface area contributed by atoms with Crippen molar-refractivity contribution in [2.45, 2.75) is 58.0 Å². The van der Waals surface area contributed by atoms with E-state index in [0.29, 0.717) is 25.6 Å². The molecule has 0 aromatic carbocycles. The van der Waals surface area contributed by atoms with Gasteiger partial charge in [0.15, 0.2) is 0 Å². The summed E-state index contributed by atoms with van der Waals surface area (Å²) in [5, 5.41) is 0. The lowest BCUT2D eigenvalue weighted by atomic mass is 10.00. The SMILES string of the molecule is CC1CCN(S(=O)(=O)N2CCCCC2C(C)N)CC1. The molecule has 2 rings (SSSR count). The smallest absolute Gasteiger partial charge is 0.282 e. The van der Waals surface area contributed by atoms with Crippen molar-refractivity contribution in [1.82, 2.24) is 8.61 Å². The standard InChI is InChI=1S/C13H27N3O2S/c1-11-6-9-15(10-7-11)19(17,18)16-8-4-3-5-13(16)12(2)14/h11-13H,3-10,14H2,1-2H3. The predicted molar refractivity (Wildman–Crippen MR) is 76.9 cm³/mol. The molecule has 0 bridgehead atoms. The fraction of sp³-hybridized carbons (Fsp3) is 1.00. The minimum atomic E-state index is -3.32. The van der Waals surface area contributed by atoms with Gasteiger partial charge in [0.1, 0.15) is 0 Å². The van der Waals surface area contributed by atoms with E-state index in [1.54, 1.807) is 8.61 Å². The highest BCUT2D eigenvalue weighted by Crippen LogP contribution is 2.27. The summed E-state index contributed by atoms with van der Waals surface area (Å²) in [4.78, 5) is 0. The van der Waals surface area contributed by atoms with Gasteiger partial charge in [-0.15, -0.1) is 0 Å². The van der Waals surface area contributed by atoms with Crippen LogP contribution in [0.5, 0.6) is 0 Å². The van der Waals surface area contributed by atoms with E-state index in [1.165, 1.54) is 0 Å². The highest BCUT2D eigenvalue weighted by molar-refractivity contribution is 7.86. The maximum Gasteiger partial charge on any atom is 0.282 e. The molecule has 19 heavy (non-hydrogen) atoms. The molecular formula is C13H27N3O2S. The van der Waals surface area contributed by atoms with Crippen LogP contribution in [0.1, 0.15) is 46.0 Å². The molecule has 0 amide bonds. The molecule has 2 heterocycles. The molecule has 112 valence electrons. The zero-order valence-electron chi connectivity index (χ0n) is 12.1. The van der Waals surface area contributed by atoms with Gasteiger partial charge in [-0.05, 0) is 38.5 Å². The molecular weight excluding hydrogens is 262 g/mol. The third kappa shape index (κ3) is 3.29. The highest BCUT2D eigenvalue weighted by atomic mass is 32.2. The van der Waals surface area contributed by atoms with Crippen LogP contribution in [-0.4, -0.2) is 48.7 Å². The molecule has 0 radical (unpaired) electrons. The first-order valence-electron chi connectivity index (χ1n) is 7.45. The highest BCUT2D eigenvalue weighted by Gasteiger charge is 2.38. The number of hydrogen-bond acceptors (Lipinski definition) is 3. The Morgan fingerprint density at radius 3 is 2.32 bits per heavy atom. The number of nitrogens with zero attached hydrogens (tertiary/aromatic N) is 2. The van der Waals surface area contributed by atoms with Gasteiger partial charge in [0.05, 0.1) is 0 Å². The summed E-state index contributed by atoms with van der Waals surface area (Å²) in [5.74, 6) is 0.636. The molecule has 2 fully saturated rings. The van der Waals surface area contributed by atoms with Gasteiger partial charge in [0.25, 0.3) is 10.2 Å². The Morgan fingerprint density at radius 2 is 1.74 bits per heavy atom. The Hall–Kier alpha value is -0.170. The van der Waals surface area contributed by atoms with Crippen molar-refractivity contribution in [1.29, 1.82) is 0 Å². The van der Waals surface area contributed by atoms with E-state index >= 15 is 0 Å². The van der Waals surface area contributed by atoms with Crippen LogP contribution < -0.4 is 5.73 Å². The van der Waals surface area contributed by atoms with Gasteiger partial charge in [-0.25, -0.2) is 0 Å². The average molecular weight is 289 g/mol. The van der Waals surface area contributed by atoms with E-state index in [0.717, 1.165) is 32.1 Å². The third-order valence-corrected chi connectivity index (χ3v) is 6.53. The predicted octanol–water partition coefficient (Wildman–Crippen LogP) is 1.16. The molecule has 5 nitrogen and oxygen atoms in total. The molecule has 6 heteroatoms. The van der Waals surface area contributed by atoms with Crippen molar-refractivity contribution >= 4 is 10.2 Å². The van der Waals surface area contributed by atoms with Gasteiger partial charge in [0, 0.05) is 31.7 Å². The van der Waals surface area contributed by atoms with Crippen LogP contribution in [0.2, 0.25) is 0 Å². The largest absolute Gasteiger partial charge is 0.326 e. The van der Waals surface area contributed by atoms with E-state index < -0.39 is 10.2 Å². The summed E-state index contributed by atoms with van der Waals surface area (Å²) < 4.78 is 28.8. The van der Waals surface area contributed by atoms with Gasteiger partial charge in [0.2, 0.25) is 0 Å². The Balaban J connectivity index is 2.13. The lowest BCUT2D eigenvalue weighted by Gasteiger charge is -2.41. The second-order valence-corrected chi connectivity index (χ2v) is 8.00. The Morgan fingerprint density at radius 1 is 1.11 bits per heavy atom. The molecule has 2 atom stereocenters. The molecule has 0 aromatic heterocycles. The normalized spacial score (nSPS) is 30.4. The molecule has 2 aliphatic rings. The first-order chi connectivity index (χ1) is 8.93. The second kappa shape index (κ2) is 6.08. The van der Waals surface area contributed by atoms with Crippen LogP contribution >= 0.6 is 0 Å². The lowest BCUT2D eigenvalue weighted by Crippen LogP contribution is -2.56. The summed E-state index contributed by atoms with van der Waals surface area (Å²) in [5.41, 5.74) is 5.98. The van der Waals surface area contributed by atoms with Crippen LogP contribution in [-0.2, 0) is 10.2 Å². The van der Waals surface area contributed by atoms with Crippen LogP contribution in [0.15, 0.2) is 0 Å². The Bertz CT molecular complexity index is 389. The van der Waals surface area contributed by atoms with Crippen molar-refractivity contribution in [3.63, 3.8) is 0 Å². The van der Waals surface area contributed by atoms with Crippen LogP contribution in [0.25, 0.3) is 0 Å². The van der Waals surface area contributed by atoms with Crippen molar-refractivity contribution in [2.75, 3.05) is 19.6 Å². The van der Waals surface area contributed by atoms with Crippen molar-refractivity contribution in [2.24, 2.45) is 11.7 Å². The summed E-state index contributed by atoms with van der Waals surface area (Å²) in [6, 6.07) is -0.128. The minimum absolute atomic E-state index is 0.0295. The molecule has 0 aliphatic carbocycles. The summed E-state index contributed by atoms with van der Waals surface area (Å²) >= 11 is 0. The van der Waals surface area contributed by atoms with Crippen LogP contribution in [0.3, 0.4) is 0 Å². The van der Waals surface area contributed by atoms with E-state index in [2.05, 4.69) is 6.92 Å². The fourth-order valence-corrected chi connectivity index (χ4v) is 5.07. The Labute approximate surface area is 117 Å². The third-order valence-electron chi connectivity index (χ3n) is 4.47. The van der Waals surface area contributed by atoms with Gasteiger partial charge < -0.3 is 5.73 Å². The monoisotopic (exact) mass is 289 g/mol. The fourth-order valence-electron chi connectivity index (χ4n) is 3.11. The average Bonchev–Trinajstić information content (AvgIpc) is 2.39. The van der Waals surface area contributed by atoms with Crippen molar-refractivity contribution in [3.05, 3.63) is 0 Å². The first kappa shape index (κ1) is 15.2. The molecule has 0 spiro atoms. The van der Waals surface area contributed by atoms with Crippen molar-refractivity contribution in [3.8, 4) is 0 Å². The maximum absolute atomic E-state index is 12.8. The molecule has 0 saturated carbocycles. The first-order valence-corrected chi connectivity index (χ1v) is 8.85. The second-order valence-electron chi connectivity index (χ2n) is 6.12. The van der Waals surface area contributed by atoms with E-state index in [1.807, 2.05) is 6.92 Å². The van der Waals surface area contributed by atoms with Gasteiger partial charge in [-0.2, -0.15) is 17.0 Å². The summed E-state index contributed by atoms with van der Waals surface area (Å²) in [6.07, 6.45) is 4.86. The van der Waals surface area contributed by atoms with Crippen molar-refractivity contribution < 1.29 is 8.42 Å². The minimum Gasteiger partial charge on any atom is -0.326 e. The van der Waals surface area contributed by atoms with Gasteiger partial charge in [-0.1, -0.05) is 13.3 Å². The number of nitrogens with two attached hydrogens (primary N) is 1. The topological polar surface area (TPSA) is 66.6 Å². The van der Waals surface area contributed by atoms with Gasteiger partial charge >= 0.3 is 0 Å². The molecule has 2 unspecified atom stereocenters. The molecule has 2 N–H and O–H groups in total.